The second-order valence-electron chi connectivity index (χ2n) is 31.0. The zero-order valence-electron chi connectivity index (χ0n) is 64.1. The number of pyridine rings is 1. The number of benzene rings is 3. The number of fused-ring (bicyclic) bond motifs is 2. The fraction of sp³-hybridized carbons (Fsp3) is 0.500. The molecule has 31 nitrogen and oxygen atoms in total. The number of nitrogens with zero attached hydrogens (tertiary/aromatic N) is 11. The first-order valence-electron chi connectivity index (χ1n) is 39.4. The van der Waals surface area contributed by atoms with Gasteiger partial charge in [-0.15, -0.1) is 10.2 Å². The van der Waals surface area contributed by atoms with Crippen LogP contribution in [0.25, 0.3) is 11.3 Å². The first-order valence-corrected chi connectivity index (χ1v) is 39.4. The summed E-state index contributed by atoms with van der Waals surface area (Å²) in [5, 5.41) is 41.6. The molecule has 2 bridgehead atoms. The third kappa shape index (κ3) is 18.9. The summed E-state index contributed by atoms with van der Waals surface area (Å²) in [5.41, 5.74) is 22.1. The van der Waals surface area contributed by atoms with E-state index >= 15 is 0 Å². The number of unbranched alkanes of at least 4 members (excludes halogenated alkanes) is 2. The Morgan fingerprint density at radius 1 is 0.796 bits per heavy atom. The number of aromatic nitrogens is 4. The molecular formula is C82H101N17O14. The summed E-state index contributed by atoms with van der Waals surface area (Å²) in [4.78, 5) is 121. The quantitative estimate of drug-likeness (QED) is 0.0122. The first kappa shape index (κ1) is 79.8. The van der Waals surface area contributed by atoms with Gasteiger partial charge in [-0.05, 0) is 148 Å². The summed E-state index contributed by atoms with van der Waals surface area (Å²) < 4.78 is 31.4. The molecule has 13 rings (SSSR count). The average Bonchev–Trinajstić information content (AvgIpc) is 1.64. The predicted molar refractivity (Wildman–Crippen MR) is 416 cm³/mol. The number of hydrogen-bond donors (Lipinski definition) is 7. The number of aliphatic hydroxyl groups excluding tert-OH is 1. The number of nitriles is 1. The van der Waals surface area contributed by atoms with Gasteiger partial charge in [0.05, 0.1) is 47.4 Å². The van der Waals surface area contributed by atoms with Crippen molar-refractivity contribution in [1.29, 1.82) is 5.26 Å². The highest BCUT2D eigenvalue weighted by molar-refractivity contribution is 6.13. The van der Waals surface area contributed by atoms with Crippen LogP contribution in [0.5, 0.6) is 17.5 Å². The molecule has 7 aliphatic rings. The van der Waals surface area contributed by atoms with Crippen LogP contribution in [0.2, 0.25) is 0 Å². The highest BCUT2D eigenvalue weighted by Gasteiger charge is 2.53. The summed E-state index contributed by atoms with van der Waals surface area (Å²) in [6, 6.07) is 28.8. The van der Waals surface area contributed by atoms with Gasteiger partial charge in [-0.25, -0.2) is 9.78 Å². The van der Waals surface area contributed by atoms with E-state index in [0.717, 1.165) is 84.6 Å². The number of primary amides is 2. The molecule has 6 fully saturated rings. The second kappa shape index (κ2) is 36.1. The van der Waals surface area contributed by atoms with E-state index in [0.29, 0.717) is 92.1 Å². The number of rotatable bonds is 35. The molecule has 3 aromatic carbocycles. The fourth-order valence-corrected chi connectivity index (χ4v) is 16.5. The molecular weight excluding hydrogens is 1450 g/mol. The monoisotopic (exact) mass is 1550 g/mol. The largest absolute Gasteiger partial charge is 0.488 e. The smallest absolute Gasteiger partial charge is 0.312 e. The molecule has 7 atom stereocenters. The molecule has 10 N–H and O–H groups in total. The lowest BCUT2D eigenvalue weighted by Crippen LogP contribution is -2.59. The van der Waals surface area contributed by atoms with Gasteiger partial charge in [0.2, 0.25) is 35.4 Å². The number of likely N-dealkylation sites (tertiary alicyclic amines) is 2. The fourth-order valence-electron chi connectivity index (χ4n) is 16.5. The van der Waals surface area contributed by atoms with E-state index < -0.39 is 59.3 Å². The van der Waals surface area contributed by atoms with Crippen LogP contribution >= 0.6 is 0 Å². The Morgan fingerprint density at radius 3 is 2.22 bits per heavy atom. The first-order chi connectivity index (χ1) is 54.6. The Hall–Kier alpha value is -11.2. The summed E-state index contributed by atoms with van der Waals surface area (Å²) in [5.74, 6) is -2.18. The number of ether oxygens (including phenoxy) is 4. The van der Waals surface area contributed by atoms with Gasteiger partial charge in [-0.1, -0.05) is 56.7 Å². The summed E-state index contributed by atoms with van der Waals surface area (Å²) in [6.07, 6.45) is 11.9. The predicted octanol–water partition coefficient (Wildman–Crippen LogP) is 6.80. The lowest BCUT2D eigenvalue weighted by molar-refractivity contribution is -0.159. The van der Waals surface area contributed by atoms with E-state index in [1.807, 2.05) is 69.4 Å². The number of β-amino-alcohol motifs (C(OH)–C–C–N with tert-alkyl or cyclic N) is 1. The molecule has 598 valence electrons. The van der Waals surface area contributed by atoms with Crippen LogP contribution in [0.15, 0.2) is 120 Å². The number of para-hydroxylation sites is 1. The number of hydrogen-bond acceptors (Lipinski definition) is 23. The Morgan fingerprint density at radius 2 is 1.53 bits per heavy atom. The van der Waals surface area contributed by atoms with Crippen LogP contribution in [0, 0.1) is 22.7 Å². The number of piperazine rings is 1. The van der Waals surface area contributed by atoms with E-state index in [9.17, 15) is 48.7 Å². The highest BCUT2D eigenvalue weighted by Crippen LogP contribution is 2.45. The molecule has 4 saturated heterocycles. The van der Waals surface area contributed by atoms with Gasteiger partial charge in [0.25, 0.3) is 17.7 Å². The van der Waals surface area contributed by atoms with Crippen molar-refractivity contribution >= 4 is 70.3 Å². The van der Waals surface area contributed by atoms with Crippen molar-refractivity contribution in [2.24, 2.45) is 22.8 Å². The average molecular weight is 1550 g/mol. The molecule has 6 aromatic rings. The molecule has 9 amide bonds. The summed E-state index contributed by atoms with van der Waals surface area (Å²) in [7, 11) is 0. The standard InChI is InChI=1S/C82H101N17O14/c1-50(2)74(78(105)98-48-59(100)40-67(98)77(104)89-51(3)54-18-14-52(45-83)15-19-54)69-44-71(93-113-69)109-38-37-94-35-27-60(28-36-94)111-61-41-62(42-61)112-70-39-56(26-32-87-70)99-57-22-23-58(99)47-95(46-57)66-43-64(91-92-75(66)84)63-11-5-6-13-68(63)110-49-53-16-20-55(21-17-53)90-76(103)65(12-9-31-88-81(86)108)96(80(107)82(79(85)106)29-10-30-82)33-7-4-8-34-97-72(101)24-25-73(97)102/h5-6,11,13-21,24-26,32,39,43-44,50-51,57-62,65,67,74,100H,4,7-10,12,22-23,27-31,33-38,40-42,46-49H2,1-3H3,(H2,84,92)(H2,85,106)(H,89,104)(H,90,103)(H3,86,88,108)/t51-,57?,58?,59+,61?,62?,65-,67-,74+/m0/s1. The van der Waals surface area contributed by atoms with E-state index in [2.05, 4.69) is 69.2 Å². The Labute approximate surface area is 656 Å². The number of imide groups is 1. The molecule has 8 heterocycles. The minimum absolute atomic E-state index is 0.00966. The van der Waals surface area contributed by atoms with Crippen molar-refractivity contribution in [3.8, 4) is 34.8 Å². The van der Waals surface area contributed by atoms with Crippen LogP contribution in [0.4, 0.5) is 27.7 Å². The van der Waals surface area contributed by atoms with Crippen molar-refractivity contribution in [2.45, 2.75) is 184 Å². The van der Waals surface area contributed by atoms with Crippen molar-refractivity contribution in [3.05, 3.63) is 138 Å². The maximum atomic E-state index is 14.5. The molecule has 2 aliphatic carbocycles. The number of nitrogens with two attached hydrogens (primary N) is 3. The SMILES string of the molecule is CC(C)[C@@H](C(=O)N1C[C@H](O)C[C@H]1C(=O)N[C@@H](C)c1ccc(C#N)cc1)c1cc(OCCN2CCC(OC3CC(Oc4cc(N5C6CCC5CN(c5cc(-c7ccccc7OCc7ccc(NC(=O)[C@H](CCCNC(N)=O)N(CCCCCN8C(=O)C=CC8=O)C(=O)C8(C(N)=O)CCC8)cc7)nnc5N)C6)ccn4)C3)CC2)no1. The number of aliphatic hydroxyl groups is 1. The zero-order valence-corrected chi connectivity index (χ0v) is 64.1. The number of piperidine rings is 1. The topological polar surface area (TPSA) is 416 Å². The second-order valence-corrected chi connectivity index (χ2v) is 31.0. The van der Waals surface area contributed by atoms with Crippen LogP contribution in [0.3, 0.4) is 0 Å². The number of urea groups is 1. The van der Waals surface area contributed by atoms with Crippen molar-refractivity contribution in [3.63, 3.8) is 0 Å². The summed E-state index contributed by atoms with van der Waals surface area (Å²) in [6.45, 7) is 10.4. The van der Waals surface area contributed by atoms with Crippen LogP contribution in [-0.4, -0.2) is 207 Å². The number of nitrogens with one attached hydrogen (secondary N) is 3. The number of anilines is 4. The maximum Gasteiger partial charge on any atom is 0.312 e. The van der Waals surface area contributed by atoms with Crippen molar-refractivity contribution < 1.29 is 66.9 Å². The van der Waals surface area contributed by atoms with Gasteiger partial charge in [0.1, 0.15) is 48.5 Å². The Kier molecular flexibility index (Phi) is 25.5. The van der Waals surface area contributed by atoms with Gasteiger partial charge in [0, 0.05) is 138 Å². The Balaban J connectivity index is 0.549. The third-order valence-corrected chi connectivity index (χ3v) is 23.0. The van der Waals surface area contributed by atoms with Crippen LogP contribution in [0.1, 0.15) is 151 Å². The van der Waals surface area contributed by atoms with E-state index in [4.69, 9.17) is 40.7 Å². The number of carbonyl (C=O) groups excluding carboxylic acids is 8. The van der Waals surface area contributed by atoms with Gasteiger partial charge >= 0.3 is 6.03 Å². The third-order valence-electron chi connectivity index (χ3n) is 23.0. The molecule has 2 unspecified atom stereocenters. The van der Waals surface area contributed by atoms with Gasteiger partial charge in [-0.2, -0.15) is 5.26 Å². The van der Waals surface area contributed by atoms with E-state index in [-0.39, 0.29) is 131 Å². The molecule has 0 radical (unpaired) electrons. The summed E-state index contributed by atoms with van der Waals surface area (Å²) >= 11 is 0. The lowest BCUT2D eigenvalue weighted by atomic mass is 9.67. The van der Waals surface area contributed by atoms with Gasteiger partial charge in [-0.3, -0.25) is 43.4 Å². The van der Waals surface area contributed by atoms with Gasteiger partial charge < -0.3 is 81.3 Å². The number of amides is 9. The highest BCUT2D eigenvalue weighted by atomic mass is 16.5. The zero-order chi connectivity index (χ0) is 79.5. The molecule has 113 heavy (non-hydrogen) atoms. The van der Waals surface area contributed by atoms with Crippen molar-refractivity contribution in [2.75, 3.05) is 86.4 Å². The lowest BCUT2D eigenvalue weighted by Gasteiger charge is -2.43. The van der Waals surface area contributed by atoms with Gasteiger partial charge in [0.15, 0.2) is 11.6 Å². The molecule has 0 spiro atoms. The molecule has 5 aliphatic heterocycles. The number of nitrogen functional groups attached to an aromatic ring is 1. The molecule has 2 saturated carbocycles. The normalized spacial score (nSPS) is 21.4. The molecule has 31 heteroatoms. The minimum Gasteiger partial charge on any atom is -0.488 e. The minimum atomic E-state index is -1.46. The number of carbonyl (C=O) groups is 8. The molecule has 3 aromatic heterocycles. The maximum absolute atomic E-state index is 14.5. The van der Waals surface area contributed by atoms with E-state index in [1.54, 1.807) is 42.5 Å². The Bertz CT molecular complexity index is 4450. The van der Waals surface area contributed by atoms with Crippen LogP contribution < -0.4 is 57.2 Å². The van der Waals surface area contributed by atoms with E-state index in [1.165, 1.54) is 22.0 Å². The van der Waals surface area contributed by atoms with Crippen LogP contribution in [-0.2, 0) is 44.9 Å². The van der Waals surface area contributed by atoms with Crippen molar-refractivity contribution in [1.82, 2.24) is 50.6 Å².